The Balaban J connectivity index is 1.34. The SMILES string of the molecule is O=C(CCCCC1CCSS1)NCCSC1CC(=O)N(CC(=O)Nc2ccc(O)c(C(=O)O)c2)C1=O. The zero-order valence-electron chi connectivity index (χ0n) is 19.6. The molecule has 0 spiro atoms. The number of benzene rings is 1. The number of carbonyl (C=O) groups is 5. The average Bonchev–Trinajstić information content (AvgIpc) is 3.44. The molecule has 13 heteroatoms. The van der Waals surface area contributed by atoms with Gasteiger partial charge in [-0.15, -0.1) is 11.8 Å². The molecule has 2 aliphatic heterocycles. The van der Waals surface area contributed by atoms with E-state index < -0.39 is 41.2 Å². The van der Waals surface area contributed by atoms with Gasteiger partial charge in [0, 0.05) is 41.8 Å². The van der Waals surface area contributed by atoms with Crippen LogP contribution in [0.5, 0.6) is 5.75 Å². The van der Waals surface area contributed by atoms with Crippen LogP contribution in [0.4, 0.5) is 5.69 Å². The summed E-state index contributed by atoms with van der Waals surface area (Å²) in [7, 11) is 3.86. The highest BCUT2D eigenvalue weighted by Crippen LogP contribution is 2.39. The van der Waals surface area contributed by atoms with E-state index in [-0.39, 0.29) is 23.6 Å². The molecule has 0 radical (unpaired) electrons. The highest BCUT2D eigenvalue weighted by atomic mass is 33.1. The van der Waals surface area contributed by atoms with Gasteiger partial charge in [-0.25, -0.2) is 4.79 Å². The molecule has 4 N–H and O–H groups in total. The minimum atomic E-state index is -1.36. The maximum atomic E-state index is 12.6. The molecule has 1 aromatic rings. The molecule has 0 bridgehead atoms. The zero-order valence-corrected chi connectivity index (χ0v) is 22.0. The van der Waals surface area contributed by atoms with Crippen LogP contribution in [0.1, 0.15) is 48.9 Å². The monoisotopic (exact) mass is 555 g/mol. The van der Waals surface area contributed by atoms with Crippen molar-refractivity contribution in [2.45, 2.75) is 49.0 Å². The van der Waals surface area contributed by atoms with Gasteiger partial charge in [0.1, 0.15) is 17.9 Å². The third-order valence-electron chi connectivity index (χ3n) is 5.67. The summed E-state index contributed by atoms with van der Waals surface area (Å²) < 4.78 is 0. The van der Waals surface area contributed by atoms with Gasteiger partial charge in [0.15, 0.2) is 0 Å². The van der Waals surface area contributed by atoms with Gasteiger partial charge in [-0.2, -0.15) is 0 Å². The molecular weight excluding hydrogens is 526 g/mol. The van der Waals surface area contributed by atoms with Crippen LogP contribution in [0.3, 0.4) is 0 Å². The number of aromatic carboxylic acids is 1. The minimum Gasteiger partial charge on any atom is -0.507 e. The summed E-state index contributed by atoms with van der Waals surface area (Å²) in [6.45, 7) is -0.101. The Morgan fingerprint density at radius 3 is 2.69 bits per heavy atom. The summed E-state index contributed by atoms with van der Waals surface area (Å²) in [6.07, 6.45) is 4.74. The lowest BCUT2D eigenvalue weighted by atomic mass is 10.1. The van der Waals surface area contributed by atoms with Crippen molar-refractivity contribution in [3.63, 3.8) is 0 Å². The van der Waals surface area contributed by atoms with E-state index in [0.717, 1.165) is 36.3 Å². The molecule has 2 saturated heterocycles. The quantitative estimate of drug-likeness (QED) is 0.124. The van der Waals surface area contributed by atoms with E-state index in [0.29, 0.717) is 24.0 Å². The van der Waals surface area contributed by atoms with E-state index in [2.05, 4.69) is 10.6 Å². The van der Waals surface area contributed by atoms with Gasteiger partial charge in [-0.1, -0.05) is 28.0 Å². The first kappa shape index (κ1) is 28.2. The van der Waals surface area contributed by atoms with Crippen LogP contribution in [-0.4, -0.2) is 79.8 Å². The number of phenols is 1. The van der Waals surface area contributed by atoms with Crippen molar-refractivity contribution < 1.29 is 34.2 Å². The summed E-state index contributed by atoms with van der Waals surface area (Å²) in [5, 5.41) is 24.0. The predicted molar refractivity (Wildman–Crippen MR) is 141 cm³/mol. The topological polar surface area (TPSA) is 153 Å². The molecule has 36 heavy (non-hydrogen) atoms. The number of unbranched alkanes of at least 4 members (excludes halogenated alkanes) is 1. The molecule has 2 atom stereocenters. The van der Waals surface area contributed by atoms with Crippen LogP contribution in [0.15, 0.2) is 18.2 Å². The summed E-state index contributed by atoms with van der Waals surface area (Å²) in [5.41, 5.74) is -0.264. The van der Waals surface area contributed by atoms with Crippen molar-refractivity contribution in [1.82, 2.24) is 10.2 Å². The van der Waals surface area contributed by atoms with Crippen LogP contribution in [-0.2, 0) is 19.2 Å². The Hall–Kier alpha value is -2.38. The molecular formula is C23H29N3O7S3. The number of carbonyl (C=O) groups excluding carboxylic acids is 4. The second kappa shape index (κ2) is 13.8. The zero-order chi connectivity index (χ0) is 26.1. The molecule has 0 saturated carbocycles. The summed E-state index contributed by atoms with van der Waals surface area (Å²) in [4.78, 5) is 61.2. The molecule has 4 amide bonds. The number of imide groups is 1. The number of carboxylic acid groups (broad SMARTS) is 1. The summed E-state index contributed by atoms with van der Waals surface area (Å²) in [6, 6.07) is 3.53. The van der Waals surface area contributed by atoms with Crippen LogP contribution >= 0.6 is 33.3 Å². The minimum absolute atomic E-state index is 0.0172. The number of likely N-dealkylation sites (tertiary alicyclic amines) is 1. The molecule has 196 valence electrons. The highest BCUT2D eigenvalue weighted by molar-refractivity contribution is 8.77. The number of hydrogen-bond donors (Lipinski definition) is 4. The number of anilines is 1. The van der Waals surface area contributed by atoms with E-state index in [1.807, 2.05) is 21.6 Å². The fourth-order valence-corrected chi connectivity index (χ4v) is 7.84. The van der Waals surface area contributed by atoms with E-state index in [4.69, 9.17) is 5.11 Å². The van der Waals surface area contributed by atoms with Crippen molar-refractivity contribution in [3.8, 4) is 5.75 Å². The third-order valence-corrected chi connectivity index (χ3v) is 9.88. The number of rotatable bonds is 13. The molecule has 2 aliphatic rings. The number of carboxylic acids is 1. The first-order valence-corrected chi connectivity index (χ1v) is 15.0. The lowest BCUT2D eigenvalue weighted by molar-refractivity contribution is -0.141. The number of hydrogen-bond acceptors (Lipinski definition) is 9. The average molecular weight is 556 g/mol. The third kappa shape index (κ3) is 8.34. The maximum Gasteiger partial charge on any atom is 0.339 e. The Bertz CT molecular complexity index is 1000. The molecule has 2 unspecified atom stereocenters. The van der Waals surface area contributed by atoms with Crippen LogP contribution in [0, 0.1) is 0 Å². The van der Waals surface area contributed by atoms with Gasteiger partial charge in [0.25, 0.3) is 0 Å². The van der Waals surface area contributed by atoms with Crippen LogP contribution in [0.2, 0.25) is 0 Å². The van der Waals surface area contributed by atoms with Crippen molar-refractivity contribution in [3.05, 3.63) is 23.8 Å². The second-order valence-electron chi connectivity index (χ2n) is 8.39. The van der Waals surface area contributed by atoms with Gasteiger partial charge < -0.3 is 20.8 Å². The lowest BCUT2D eigenvalue weighted by Gasteiger charge is -2.15. The number of nitrogens with zero attached hydrogens (tertiary/aromatic N) is 1. The standard InChI is InChI=1S/C23H29N3O7S3/c27-17-6-5-14(11-16(17)23(32)33)25-20(29)13-26-21(30)12-18(22(26)31)34-10-8-24-19(28)4-2-1-3-15-7-9-35-36-15/h5-6,11,15,18,27H,1-4,7-10,12-13H2,(H,24,28)(H,25,29)(H,32,33). The van der Waals surface area contributed by atoms with Crippen LogP contribution in [0.25, 0.3) is 0 Å². The Morgan fingerprint density at radius 2 is 1.97 bits per heavy atom. The summed E-state index contributed by atoms with van der Waals surface area (Å²) in [5.74, 6) is -1.74. The van der Waals surface area contributed by atoms with E-state index in [1.165, 1.54) is 30.0 Å². The number of aromatic hydroxyl groups is 1. The molecule has 10 nitrogen and oxygen atoms in total. The fraction of sp³-hybridized carbons (Fsp3) is 0.522. The molecule has 0 aromatic heterocycles. The van der Waals surface area contributed by atoms with Gasteiger partial charge in [-0.05, 0) is 37.5 Å². The molecule has 3 rings (SSSR count). The van der Waals surface area contributed by atoms with E-state index >= 15 is 0 Å². The number of amides is 4. The van der Waals surface area contributed by atoms with Crippen LogP contribution < -0.4 is 10.6 Å². The molecule has 2 heterocycles. The Labute approximate surface area is 221 Å². The van der Waals surface area contributed by atoms with Crippen molar-refractivity contribution in [2.24, 2.45) is 0 Å². The van der Waals surface area contributed by atoms with Gasteiger partial charge in [0.05, 0.1) is 5.25 Å². The molecule has 0 aliphatic carbocycles. The predicted octanol–water partition coefficient (Wildman–Crippen LogP) is 2.72. The Kier molecular flexibility index (Phi) is 10.8. The van der Waals surface area contributed by atoms with Crippen molar-refractivity contribution >= 4 is 68.6 Å². The largest absolute Gasteiger partial charge is 0.507 e. The van der Waals surface area contributed by atoms with E-state index in [1.54, 1.807) is 0 Å². The van der Waals surface area contributed by atoms with Gasteiger partial charge >= 0.3 is 5.97 Å². The van der Waals surface area contributed by atoms with Gasteiger partial charge in [-0.3, -0.25) is 24.1 Å². The normalized spacial score (nSPS) is 19.5. The summed E-state index contributed by atoms with van der Waals surface area (Å²) >= 11 is 1.27. The first-order chi connectivity index (χ1) is 17.2. The first-order valence-electron chi connectivity index (χ1n) is 11.6. The molecule has 2 fully saturated rings. The highest BCUT2D eigenvalue weighted by Gasteiger charge is 2.39. The number of nitrogens with one attached hydrogen (secondary N) is 2. The Morgan fingerprint density at radius 1 is 1.17 bits per heavy atom. The molecule has 1 aromatic carbocycles. The fourth-order valence-electron chi connectivity index (χ4n) is 3.78. The van der Waals surface area contributed by atoms with Crippen molar-refractivity contribution in [2.75, 3.05) is 29.9 Å². The van der Waals surface area contributed by atoms with Gasteiger partial charge in [0.2, 0.25) is 23.6 Å². The lowest BCUT2D eigenvalue weighted by Crippen LogP contribution is -2.38. The second-order valence-corrected chi connectivity index (χ2v) is 12.5. The number of thioether (sulfide) groups is 1. The smallest absolute Gasteiger partial charge is 0.339 e. The maximum absolute atomic E-state index is 12.6. The van der Waals surface area contributed by atoms with E-state index in [9.17, 15) is 29.1 Å². The van der Waals surface area contributed by atoms with Crippen molar-refractivity contribution in [1.29, 1.82) is 0 Å².